The fraction of sp³-hybridized carbons (Fsp3) is 0.320. The number of aliphatic carboxylic acids is 2. The number of thiocarbonyl (C=S) groups is 1. The van der Waals surface area contributed by atoms with Crippen molar-refractivity contribution in [2.75, 3.05) is 23.7 Å². The summed E-state index contributed by atoms with van der Waals surface area (Å²) in [5, 5.41) is 28.2. The van der Waals surface area contributed by atoms with Gasteiger partial charge in [0.05, 0.1) is 22.6 Å². The minimum atomic E-state index is -4.15. The van der Waals surface area contributed by atoms with E-state index >= 15 is 0 Å². The first-order chi connectivity index (χ1) is 20.2. The van der Waals surface area contributed by atoms with Crippen LogP contribution in [-0.2, 0) is 37.7 Å². The maximum absolute atomic E-state index is 13.4. The normalized spacial score (nSPS) is 17.9. The number of thioether (sulfide) groups is 1. The van der Waals surface area contributed by atoms with Gasteiger partial charge in [-0.15, -0.1) is 11.3 Å². The Bertz CT molecular complexity index is 1840. The molecule has 1 amide bonds. The van der Waals surface area contributed by atoms with Crippen LogP contribution in [0.4, 0.5) is 5.69 Å². The van der Waals surface area contributed by atoms with Gasteiger partial charge >= 0.3 is 11.9 Å². The molecule has 0 aliphatic carbocycles. The molecule has 0 saturated carbocycles. The number of fused-ring (bicyclic) bond motifs is 1. The highest BCUT2D eigenvalue weighted by Gasteiger charge is 2.35. The molecule has 3 heterocycles. The smallest absolute Gasteiger partial charge is 0.323 e. The van der Waals surface area contributed by atoms with E-state index in [1.165, 1.54) is 6.08 Å². The average molecular weight is 672 g/mol. The number of rotatable bonds is 11. The molecule has 0 unspecified atom stereocenters. The van der Waals surface area contributed by atoms with Crippen LogP contribution in [0.5, 0.6) is 5.75 Å². The number of ether oxygens (including phenoxy) is 1. The Morgan fingerprint density at radius 1 is 1.09 bits per heavy atom. The molecule has 2 aliphatic rings. The number of thiazole rings is 1. The molecule has 18 heteroatoms. The first kappa shape index (κ1) is 32.4. The van der Waals surface area contributed by atoms with Crippen molar-refractivity contribution in [1.29, 1.82) is 0 Å². The fourth-order valence-electron chi connectivity index (χ4n) is 4.32. The Morgan fingerprint density at radius 3 is 2.42 bits per heavy atom. The molecular weight excluding hydrogens is 647 g/mol. The molecular formula is C25H25N3O11S4. The summed E-state index contributed by atoms with van der Waals surface area (Å²) in [6.07, 6.45) is 1.95. The van der Waals surface area contributed by atoms with Crippen LogP contribution in [0.15, 0.2) is 34.4 Å². The summed E-state index contributed by atoms with van der Waals surface area (Å²) in [4.78, 5) is 51.7. The van der Waals surface area contributed by atoms with Gasteiger partial charge in [-0.2, -0.15) is 8.42 Å². The second-order valence-corrected chi connectivity index (χ2v) is 13.6. The van der Waals surface area contributed by atoms with Gasteiger partial charge in [0.2, 0.25) is 5.88 Å². The zero-order chi connectivity index (χ0) is 31.6. The molecule has 14 nitrogen and oxygen atoms in total. The van der Waals surface area contributed by atoms with Crippen molar-refractivity contribution < 1.29 is 47.4 Å². The lowest BCUT2D eigenvalue weighted by Gasteiger charge is -2.19. The Labute approximate surface area is 257 Å². The van der Waals surface area contributed by atoms with Crippen LogP contribution in [0.2, 0.25) is 0 Å². The van der Waals surface area contributed by atoms with E-state index in [1.807, 2.05) is 0 Å². The summed E-state index contributed by atoms with van der Waals surface area (Å²) in [6, 6.07) is 5.02. The number of allylic oxidation sites excluding steroid dienone is 1. The topological polar surface area (TPSA) is 204 Å². The quantitative estimate of drug-likeness (QED) is 0.142. The predicted molar refractivity (Wildman–Crippen MR) is 162 cm³/mol. The highest BCUT2D eigenvalue weighted by atomic mass is 32.2. The Balaban J connectivity index is 1.82. The zero-order valence-electron chi connectivity index (χ0n) is 22.4. The Kier molecular flexibility index (Phi) is 9.77. The first-order valence-electron chi connectivity index (χ1n) is 12.5. The molecule has 0 radical (unpaired) electrons. The van der Waals surface area contributed by atoms with E-state index in [-0.39, 0.29) is 38.0 Å². The summed E-state index contributed by atoms with van der Waals surface area (Å²) in [7, 11) is -4.15. The van der Waals surface area contributed by atoms with Gasteiger partial charge in [-0.3, -0.25) is 33.2 Å². The number of carboxylic acids is 2. The van der Waals surface area contributed by atoms with E-state index in [9.17, 15) is 37.8 Å². The van der Waals surface area contributed by atoms with Crippen molar-refractivity contribution in [1.82, 2.24) is 9.47 Å². The molecule has 0 atom stereocenters. The van der Waals surface area contributed by atoms with Crippen LogP contribution < -0.4 is 24.4 Å². The van der Waals surface area contributed by atoms with E-state index < -0.39 is 52.4 Å². The summed E-state index contributed by atoms with van der Waals surface area (Å²) in [6.45, 7) is 0.215. The Morgan fingerprint density at radius 2 is 1.79 bits per heavy atom. The first-order valence-corrected chi connectivity index (χ1v) is 16.1. The molecule has 0 bridgehead atoms. The van der Waals surface area contributed by atoms with Gasteiger partial charge in [0.15, 0.2) is 5.75 Å². The van der Waals surface area contributed by atoms with Crippen LogP contribution in [0, 0.1) is 0 Å². The van der Waals surface area contributed by atoms with E-state index in [0.717, 1.165) is 32.6 Å². The second-order valence-electron chi connectivity index (χ2n) is 9.38. The predicted octanol–water partition coefficient (Wildman–Crippen LogP) is 0.119. The van der Waals surface area contributed by atoms with E-state index in [0.29, 0.717) is 34.9 Å². The van der Waals surface area contributed by atoms with Crippen molar-refractivity contribution in [2.24, 2.45) is 0 Å². The standard InChI is InChI=1S/C25H25N3O11S4/c1-13(23-26(6-2-3-7-43(36,37)38)15-9-14(12-29)4-5-16(15)39-23)8-17-21(34)27(10-18(30)31)24(41-17)20-22(35)28(11-19(32)33)25(40)42-20/h4-5,8-9,29H,2-3,6-7,10-12H2,1H3,(H,30,31)(H,32,33)(H,36,37,38)/b17-8?,23-13?,24-20+. The van der Waals surface area contributed by atoms with Crippen molar-refractivity contribution >= 4 is 84.3 Å². The van der Waals surface area contributed by atoms with Gasteiger partial charge in [-0.25, -0.2) is 0 Å². The SMILES string of the molecule is CC(C=c1s/c(=C2/SC(=S)N(CC(=O)O)C2=O)n(CC(=O)O)c1=O)=C1Oc2ccc(CO)cc2N1CCCCS(=O)(=O)O. The van der Waals surface area contributed by atoms with Gasteiger partial charge in [-0.05, 0) is 43.5 Å². The van der Waals surface area contributed by atoms with Gasteiger partial charge in [-0.1, -0.05) is 30.0 Å². The zero-order valence-corrected chi connectivity index (χ0v) is 25.6. The third-order valence-corrected chi connectivity index (χ3v) is 9.71. The van der Waals surface area contributed by atoms with Crippen LogP contribution in [0.1, 0.15) is 25.3 Å². The molecule has 1 fully saturated rings. The van der Waals surface area contributed by atoms with Crippen LogP contribution in [0.25, 0.3) is 11.0 Å². The van der Waals surface area contributed by atoms with E-state index in [1.54, 1.807) is 30.0 Å². The largest absolute Gasteiger partial charge is 0.480 e. The highest BCUT2D eigenvalue weighted by molar-refractivity contribution is 8.30. The van der Waals surface area contributed by atoms with Gasteiger partial charge in [0.1, 0.15) is 27.0 Å². The summed E-state index contributed by atoms with van der Waals surface area (Å²) in [5.41, 5.74) is 0.913. The lowest BCUT2D eigenvalue weighted by atomic mass is 10.1. The van der Waals surface area contributed by atoms with Crippen molar-refractivity contribution in [3.8, 4) is 5.75 Å². The highest BCUT2D eigenvalue weighted by Crippen LogP contribution is 2.41. The van der Waals surface area contributed by atoms with Crippen LogP contribution in [-0.4, -0.2) is 78.8 Å². The Hall–Kier alpha value is -3.55. The second kappa shape index (κ2) is 13.0. The number of carboxylic acid groups (broad SMARTS) is 2. The number of unbranched alkanes of at least 4 members (excludes halogenated alkanes) is 1. The summed E-state index contributed by atoms with van der Waals surface area (Å²) < 4.78 is 38.4. The minimum absolute atomic E-state index is 0.00646. The van der Waals surface area contributed by atoms with Crippen LogP contribution in [0.3, 0.4) is 0 Å². The van der Waals surface area contributed by atoms with Gasteiger partial charge in [0, 0.05) is 12.1 Å². The molecule has 1 saturated heterocycles. The molecule has 1 aromatic carbocycles. The third-order valence-electron chi connectivity index (χ3n) is 6.21. The molecule has 4 N–H and O–H groups in total. The molecule has 230 valence electrons. The molecule has 1 aromatic heterocycles. The number of nitrogens with zero attached hydrogens (tertiary/aromatic N) is 3. The number of hydrogen-bond acceptors (Lipinski definition) is 12. The van der Waals surface area contributed by atoms with Gasteiger partial charge < -0.3 is 25.0 Å². The third kappa shape index (κ3) is 7.34. The summed E-state index contributed by atoms with van der Waals surface area (Å²) >= 11 is 6.75. The maximum atomic E-state index is 13.4. The average Bonchev–Trinajstić information content (AvgIpc) is 3.52. The number of anilines is 1. The summed E-state index contributed by atoms with van der Waals surface area (Å²) in [5.74, 6) is -3.09. The van der Waals surface area contributed by atoms with Crippen molar-refractivity contribution in [3.05, 3.63) is 54.8 Å². The van der Waals surface area contributed by atoms with Crippen LogP contribution >= 0.6 is 35.3 Å². The number of carbonyl (C=O) groups excluding carboxylic acids is 1. The lowest BCUT2D eigenvalue weighted by Crippen LogP contribution is -2.36. The number of benzene rings is 1. The fourth-order valence-corrected chi connectivity index (χ4v) is 7.44. The van der Waals surface area contributed by atoms with Crippen molar-refractivity contribution in [3.63, 3.8) is 0 Å². The number of aliphatic hydroxyl groups is 1. The van der Waals surface area contributed by atoms with E-state index in [2.05, 4.69) is 0 Å². The maximum Gasteiger partial charge on any atom is 0.323 e. The number of amides is 1. The molecule has 2 aromatic rings. The van der Waals surface area contributed by atoms with Gasteiger partial charge in [0.25, 0.3) is 21.6 Å². The number of hydrogen-bond donors (Lipinski definition) is 4. The molecule has 4 rings (SSSR count). The number of carbonyl (C=O) groups is 3. The molecule has 2 aliphatic heterocycles. The lowest BCUT2D eigenvalue weighted by molar-refractivity contribution is -0.140. The molecule has 43 heavy (non-hydrogen) atoms. The number of aliphatic hydroxyl groups excluding tert-OH is 1. The molecule has 0 spiro atoms. The minimum Gasteiger partial charge on any atom is -0.480 e. The van der Waals surface area contributed by atoms with Crippen molar-refractivity contribution in [2.45, 2.75) is 32.9 Å². The number of aromatic nitrogens is 1. The monoisotopic (exact) mass is 671 g/mol. The van der Waals surface area contributed by atoms with E-state index in [4.69, 9.17) is 26.6 Å².